The number of benzene rings is 1. The number of primary amides is 1. The van der Waals surface area contributed by atoms with Crippen LogP contribution in [0.15, 0.2) is 42.9 Å². The SMILES string of the molecule is CCn1ccnc1CN1CCC(n2cc(C(N)=O)c(Nc3ccc(F)cc3)n2)C(C#N)C1. The highest BCUT2D eigenvalue weighted by atomic mass is 19.1. The predicted octanol–water partition coefficient (Wildman–Crippen LogP) is 2.67. The minimum atomic E-state index is -0.627. The molecule has 0 aliphatic carbocycles. The van der Waals surface area contributed by atoms with Crippen LogP contribution in [0.3, 0.4) is 0 Å². The van der Waals surface area contributed by atoms with Crippen LogP contribution < -0.4 is 11.1 Å². The van der Waals surface area contributed by atoms with Gasteiger partial charge in [0.15, 0.2) is 5.82 Å². The third-order valence-corrected chi connectivity index (χ3v) is 5.78. The van der Waals surface area contributed by atoms with Crippen LogP contribution in [0.25, 0.3) is 0 Å². The van der Waals surface area contributed by atoms with E-state index < -0.39 is 5.91 Å². The third kappa shape index (κ3) is 4.48. The van der Waals surface area contributed by atoms with Gasteiger partial charge in [0, 0.05) is 43.9 Å². The lowest BCUT2D eigenvalue weighted by Gasteiger charge is -2.35. The highest BCUT2D eigenvalue weighted by Crippen LogP contribution is 2.30. The lowest BCUT2D eigenvalue weighted by atomic mass is 9.93. The fourth-order valence-electron chi connectivity index (χ4n) is 4.08. The highest BCUT2D eigenvalue weighted by molar-refractivity contribution is 5.98. The molecular weight excluding hydrogens is 411 g/mol. The molecule has 2 atom stereocenters. The Hall–Kier alpha value is -3.71. The van der Waals surface area contributed by atoms with Crippen LogP contribution in [0.2, 0.25) is 0 Å². The molecule has 1 aliphatic rings. The third-order valence-electron chi connectivity index (χ3n) is 5.78. The van der Waals surface area contributed by atoms with Gasteiger partial charge in [-0.2, -0.15) is 10.4 Å². The van der Waals surface area contributed by atoms with Crippen LogP contribution in [0.1, 0.15) is 35.6 Å². The van der Waals surface area contributed by atoms with Gasteiger partial charge in [0.1, 0.15) is 17.2 Å². The number of nitrogens with zero attached hydrogens (tertiary/aromatic N) is 6. The van der Waals surface area contributed by atoms with Crippen LogP contribution in [-0.4, -0.2) is 43.2 Å². The molecule has 2 aromatic heterocycles. The Kier molecular flexibility index (Phi) is 6.18. The zero-order chi connectivity index (χ0) is 22.7. The molecule has 9 nitrogen and oxygen atoms in total. The van der Waals surface area contributed by atoms with Crippen LogP contribution in [0, 0.1) is 23.1 Å². The number of imidazole rings is 1. The van der Waals surface area contributed by atoms with E-state index in [0.29, 0.717) is 25.2 Å². The van der Waals surface area contributed by atoms with Crippen molar-refractivity contribution < 1.29 is 9.18 Å². The Morgan fingerprint density at radius 1 is 1.38 bits per heavy atom. The number of nitriles is 1. The first-order chi connectivity index (χ1) is 15.5. The van der Waals surface area contributed by atoms with E-state index in [1.165, 1.54) is 12.1 Å². The molecule has 3 heterocycles. The summed E-state index contributed by atoms with van der Waals surface area (Å²) in [5.41, 5.74) is 6.35. The topological polar surface area (TPSA) is 118 Å². The van der Waals surface area contributed by atoms with E-state index >= 15 is 0 Å². The van der Waals surface area contributed by atoms with Crippen LogP contribution in [-0.2, 0) is 13.1 Å². The van der Waals surface area contributed by atoms with E-state index in [0.717, 1.165) is 18.9 Å². The largest absolute Gasteiger partial charge is 0.365 e. The summed E-state index contributed by atoms with van der Waals surface area (Å²) < 4.78 is 16.9. The van der Waals surface area contributed by atoms with Crippen molar-refractivity contribution in [3.63, 3.8) is 0 Å². The Morgan fingerprint density at radius 3 is 2.84 bits per heavy atom. The lowest BCUT2D eigenvalue weighted by Crippen LogP contribution is -2.41. The second-order valence-electron chi connectivity index (χ2n) is 7.82. The van der Waals surface area contributed by atoms with Gasteiger partial charge in [-0.05, 0) is 37.6 Å². The molecule has 2 unspecified atom stereocenters. The number of hydrogen-bond acceptors (Lipinski definition) is 6. The number of halogens is 1. The van der Waals surface area contributed by atoms with E-state index in [4.69, 9.17) is 5.73 Å². The smallest absolute Gasteiger partial charge is 0.254 e. The van der Waals surface area contributed by atoms with E-state index in [9.17, 15) is 14.4 Å². The van der Waals surface area contributed by atoms with Gasteiger partial charge < -0.3 is 15.6 Å². The normalized spacial score (nSPS) is 18.9. The van der Waals surface area contributed by atoms with Crippen LogP contribution in [0.4, 0.5) is 15.9 Å². The summed E-state index contributed by atoms with van der Waals surface area (Å²) >= 11 is 0. The number of amides is 1. The molecular formula is C22H25FN8O. The van der Waals surface area contributed by atoms with Gasteiger partial charge in [-0.25, -0.2) is 9.37 Å². The number of nitrogens with one attached hydrogen (secondary N) is 1. The Morgan fingerprint density at radius 2 is 2.16 bits per heavy atom. The summed E-state index contributed by atoms with van der Waals surface area (Å²) in [6, 6.07) is 7.94. The maximum Gasteiger partial charge on any atom is 0.254 e. The first kappa shape index (κ1) is 21.5. The second-order valence-corrected chi connectivity index (χ2v) is 7.82. The number of aryl methyl sites for hydroxylation is 1. The Labute approximate surface area is 185 Å². The first-order valence-corrected chi connectivity index (χ1v) is 10.5. The van der Waals surface area contributed by atoms with Crippen molar-refractivity contribution in [2.75, 3.05) is 18.4 Å². The van der Waals surface area contributed by atoms with Gasteiger partial charge in [0.05, 0.1) is 24.6 Å². The number of anilines is 2. The highest BCUT2D eigenvalue weighted by Gasteiger charge is 2.32. The Balaban J connectivity index is 1.52. The van der Waals surface area contributed by atoms with Gasteiger partial charge in [0.25, 0.3) is 5.91 Å². The van der Waals surface area contributed by atoms with E-state index in [1.54, 1.807) is 29.2 Å². The summed E-state index contributed by atoms with van der Waals surface area (Å²) in [7, 11) is 0. The summed E-state index contributed by atoms with van der Waals surface area (Å²) in [5.74, 6) is -0.0377. The number of aromatic nitrogens is 4. The second kappa shape index (κ2) is 9.20. The van der Waals surface area contributed by atoms with E-state index in [-0.39, 0.29) is 29.2 Å². The number of carbonyl (C=O) groups excluding carboxylic acids is 1. The summed E-state index contributed by atoms with van der Waals surface area (Å²) in [4.78, 5) is 18.6. The van der Waals surface area contributed by atoms with Crippen molar-refractivity contribution in [3.05, 3.63) is 60.1 Å². The maximum atomic E-state index is 13.2. The van der Waals surface area contributed by atoms with Gasteiger partial charge in [-0.1, -0.05) is 0 Å². The number of rotatable bonds is 7. The lowest BCUT2D eigenvalue weighted by molar-refractivity contribution is 0.1000. The number of nitrogens with two attached hydrogens (primary N) is 1. The van der Waals surface area contributed by atoms with Crippen molar-refractivity contribution in [2.45, 2.75) is 32.5 Å². The van der Waals surface area contributed by atoms with E-state index in [1.807, 2.05) is 6.20 Å². The van der Waals surface area contributed by atoms with Gasteiger partial charge >= 0.3 is 0 Å². The average Bonchev–Trinajstić information content (AvgIpc) is 3.42. The fourth-order valence-corrected chi connectivity index (χ4v) is 4.08. The minimum Gasteiger partial charge on any atom is -0.365 e. The van der Waals surface area contributed by atoms with Crippen molar-refractivity contribution in [3.8, 4) is 6.07 Å². The number of carbonyl (C=O) groups is 1. The molecule has 3 N–H and O–H groups in total. The van der Waals surface area contributed by atoms with E-state index in [2.05, 4.69) is 37.9 Å². The molecule has 1 amide bonds. The zero-order valence-electron chi connectivity index (χ0n) is 17.8. The summed E-state index contributed by atoms with van der Waals surface area (Å²) in [6.45, 7) is 4.94. The molecule has 1 aliphatic heterocycles. The number of piperidine rings is 1. The standard InChI is InChI=1S/C22H25FN8O/c1-2-30-10-8-26-20(30)14-29-9-7-19(15(11-24)12-29)31-13-18(21(25)32)22(28-31)27-17-5-3-16(23)4-6-17/h3-6,8,10,13,15,19H,2,7,9,12,14H2,1H3,(H2,25,32)(H,27,28). The molecule has 0 saturated carbocycles. The predicted molar refractivity (Wildman–Crippen MR) is 116 cm³/mol. The summed E-state index contributed by atoms with van der Waals surface area (Å²) in [6.07, 6.45) is 6.02. The van der Waals surface area contributed by atoms with Crippen molar-refractivity contribution >= 4 is 17.4 Å². The molecule has 166 valence electrons. The molecule has 4 rings (SSSR count). The van der Waals surface area contributed by atoms with Crippen LogP contribution in [0.5, 0.6) is 0 Å². The zero-order valence-corrected chi connectivity index (χ0v) is 17.8. The van der Waals surface area contributed by atoms with Gasteiger partial charge in [-0.15, -0.1) is 0 Å². The molecule has 0 bridgehead atoms. The molecule has 1 fully saturated rings. The monoisotopic (exact) mass is 436 g/mol. The van der Waals surface area contributed by atoms with Crippen molar-refractivity contribution in [1.29, 1.82) is 5.26 Å². The Bertz CT molecular complexity index is 1130. The molecule has 1 aromatic carbocycles. The quantitative estimate of drug-likeness (QED) is 0.588. The minimum absolute atomic E-state index is 0.191. The molecule has 32 heavy (non-hydrogen) atoms. The maximum absolute atomic E-state index is 13.2. The van der Waals surface area contributed by atoms with Crippen LogP contribution >= 0.6 is 0 Å². The number of likely N-dealkylation sites (tertiary alicyclic amines) is 1. The molecule has 0 spiro atoms. The number of hydrogen-bond donors (Lipinski definition) is 2. The van der Waals surface area contributed by atoms with Crippen molar-refractivity contribution in [2.24, 2.45) is 11.7 Å². The fraction of sp³-hybridized carbons (Fsp3) is 0.364. The summed E-state index contributed by atoms with van der Waals surface area (Å²) in [5, 5.41) is 17.4. The average molecular weight is 436 g/mol. The first-order valence-electron chi connectivity index (χ1n) is 10.5. The molecule has 10 heteroatoms. The molecule has 3 aromatic rings. The van der Waals surface area contributed by atoms with Gasteiger partial charge in [-0.3, -0.25) is 14.4 Å². The van der Waals surface area contributed by atoms with Gasteiger partial charge in [0.2, 0.25) is 0 Å². The molecule has 1 saturated heterocycles. The van der Waals surface area contributed by atoms with Crippen molar-refractivity contribution in [1.82, 2.24) is 24.2 Å². The molecule has 0 radical (unpaired) electrons.